The van der Waals surface area contributed by atoms with Crippen LogP contribution in [0.1, 0.15) is 19.0 Å². The van der Waals surface area contributed by atoms with Crippen LogP contribution in [-0.4, -0.2) is 29.3 Å². The van der Waals surface area contributed by atoms with E-state index in [0.29, 0.717) is 6.42 Å². The Balaban J connectivity index is 2.40. The molecule has 0 bridgehead atoms. The van der Waals surface area contributed by atoms with Gasteiger partial charge in [-0.1, -0.05) is 18.2 Å². The Kier molecular flexibility index (Phi) is 3.82. The molecule has 2 rings (SSSR count). The summed E-state index contributed by atoms with van der Waals surface area (Å²) in [6.07, 6.45) is 0.596. The maximum absolute atomic E-state index is 11.2. The third-order valence-electron chi connectivity index (χ3n) is 3.06. The third kappa shape index (κ3) is 2.79. The molecule has 18 heavy (non-hydrogen) atoms. The number of hydrogen-bond donors (Lipinski definition) is 0. The molecule has 0 unspecified atom stereocenters. The van der Waals surface area contributed by atoms with Crippen molar-refractivity contribution in [1.29, 1.82) is 0 Å². The number of carbonyl (C=O) groups excluding carboxylic acids is 1. The van der Waals surface area contributed by atoms with Crippen LogP contribution in [0.4, 0.5) is 0 Å². The van der Waals surface area contributed by atoms with Crippen molar-refractivity contribution in [3.8, 4) is 0 Å². The van der Waals surface area contributed by atoms with Crippen molar-refractivity contribution in [2.75, 3.05) is 14.1 Å². The molecule has 0 N–H and O–H groups in total. The summed E-state index contributed by atoms with van der Waals surface area (Å²) < 4.78 is 2.26. The predicted octanol–water partition coefficient (Wildman–Crippen LogP) is 2.68. The fourth-order valence-corrected chi connectivity index (χ4v) is 2.26. The molecule has 0 saturated carbocycles. The highest BCUT2D eigenvalue weighted by Gasteiger charge is 2.09. The van der Waals surface area contributed by atoms with Crippen molar-refractivity contribution in [1.82, 2.24) is 9.47 Å². The molecular weight excluding hydrogens is 224 g/mol. The Labute approximate surface area is 108 Å². The maximum Gasteiger partial charge on any atom is 0.131 e. The van der Waals surface area contributed by atoms with Crippen LogP contribution in [0.5, 0.6) is 0 Å². The number of Topliss-reactive ketones (excluding diaryl/α,β-unsaturated/α-hetero) is 1. The maximum atomic E-state index is 11.2. The first kappa shape index (κ1) is 12.8. The van der Waals surface area contributed by atoms with Gasteiger partial charge in [-0.15, -0.1) is 0 Å². The normalized spacial score (nSPS) is 11.3. The first-order chi connectivity index (χ1) is 8.58. The van der Waals surface area contributed by atoms with E-state index in [0.717, 1.165) is 13.1 Å². The minimum Gasteiger partial charge on any atom is -0.343 e. The van der Waals surface area contributed by atoms with Gasteiger partial charge in [0.25, 0.3) is 0 Å². The van der Waals surface area contributed by atoms with E-state index in [-0.39, 0.29) is 5.78 Å². The number of aryl methyl sites for hydroxylation is 1. The summed E-state index contributed by atoms with van der Waals surface area (Å²) in [5.74, 6) is 0.239. The van der Waals surface area contributed by atoms with E-state index < -0.39 is 0 Å². The van der Waals surface area contributed by atoms with Crippen molar-refractivity contribution < 1.29 is 4.79 Å². The molecule has 1 aromatic heterocycles. The smallest absolute Gasteiger partial charge is 0.131 e. The second-order valence-corrected chi connectivity index (χ2v) is 5.04. The molecule has 0 aliphatic carbocycles. The van der Waals surface area contributed by atoms with Gasteiger partial charge >= 0.3 is 0 Å². The standard InChI is InChI=1S/C15H20N2O/c1-12(18)8-9-17-14(11-16(2)3)10-13-6-4-5-7-15(13)17/h4-7,10H,8-9,11H2,1-3H3. The quantitative estimate of drug-likeness (QED) is 0.808. The van der Waals surface area contributed by atoms with E-state index in [9.17, 15) is 4.79 Å². The molecule has 96 valence electrons. The van der Waals surface area contributed by atoms with E-state index in [1.807, 2.05) is 6.07 Å². The highest BCUT2D eigenvalue weighted by molar-refractivity contribution is 5.81. The number of ketones is 1. The van der Waals surface area contributed by atoms with Gasteiger partial charge in [-0.3, -0.25) is 4.79 Å². The molecule has 1 heterocycles. The van der Waals surface area contributed by atoms with Crippen LogP contribution in [0, 0.1) is 0 Å². The minimum atomic E-state index is 0.239. The zero-order valence-corrected chi connectivity index (χ0v) is 11.3. The minimum absolute atomic E-state index is 0.239. The van der Waals surface area contributed by atoms with Crippen LogP contribution in [-0.2, 0) is 17.9 Å². The van der Waals surface area contributed by atoms with Crippen LogP contribution in [0.2, 0.25) is 0 Å². The van der Waals surface area contributed by atoms with Gasteiger partial charge in [0.05, 0.1) is 0 Å². The molecule has 3 nitrogen and oxygen atoms in total. The lowest BCUT2D eigenvalue weighted by atomic mass is 10.2. The lowest BCUT2D eigenvalue weighted by molar-refractivity contribution is -0.117. The summed E-state index contributed by atoms with van der Waals surface area (Å²) in [7, 11) is 4.12. The second kappa shape index (κ2) is 5.36. The predicted molar refractivity (Wildman–Crippen MR) is 74.6 cm³/mol. The number of fused-ring (bicyclic) bond motifs is 1. The molecule has 0 atom stereocenters. The fourth-order valence-electron chi connectivity index (χ4n) is 2.26. The first-order valence-electron chi connectivity index (χ1n) is 6.29. The molecule has 2 aromatic rings. The summed E-state index contributed by atoms with van der Waals surface area (Å²) in [5, 5.41) is 1.25. The molecule has 0 radical (unpaired) electrons. The molecule has 0 aliphatic heterocycles. The number of rotatable bonds is 5. The average Bonchev–Trinajstić information content (AvgIpc) is 2.62. The molecule has 0 fully saturated rings. The van der Waals surface area contributed by atoms with Crippen molar-refractivity contribution in [3.05, 3.63) is 36.0 Å². The molecule has 0 amide bonds. The van der Waals surface area contributed by atoms with E-state index >= 15 is 0 Å². The topological polar surface area (TPSA) is 25.2 Å². The van der Waals surface area contributed by atoms with Gasteiger partial charge in [0.2, 0.25) is 0 Å². The van der Waals surface area contributed by atoms with Crippen LogP contribution in [0.15, 0.2) is 30.3 Å². The number of benzene rings is 1. The lowest BCUT2D eigenvalue weighted by Crippen LogP contribution is -2.15. The summed E-state index contributed by atoms with van der Waals surface area (Å²) in [6, 6.07) is 10.6. The van der Waals surface area contributed by atoms with Gasteiger partial charge in [0, 0.05) is 30.7 Å². The molecule has 1 aromatic carbocycles. The van der Waals surface area contributed by atoms with Gasteiger partial charge in [-0.25, -0.2) is 0 Å². The largest absolute Gasteiger partial charge is 0.343 e. The summed E-state index contributed by atoms with van der Waals surface area (Å²) >= 11 is 0. The Morgan fingerprint density at radius 1 is 1.28 bits per heavy atom. The van der Waals surface area contributed by atoms with E-state index in [4.69, 9.17) is 0 Å². The third-order valence-corrected chi connectivity index (χ3v) is 3.06. The number of aromatic nitrogens is 1. The zero-order valence-electron chi connectivity index (χ0n) is 11.3. The molecular formula is C15H20N2O. The van der Waals surface area contributed by atoms with Crippen molar-refractivity contribution in [2.24, 2.45) is 0 Å². The Hall–Kier alpha value is -1.61. The Bertz CT molecular complexity index is 555. The number of nitrogens with zero attached hydrogens (tertiary/aromatic N) is 2. The van der Waals surface area contributed by atoms with Crippen LogP contribution in [0.25, 0.3) is 10.9 Å². The van der Waals surface area contributed by atoms with Crippen LogP contribution < -0.4 is 0 Å². The van der Waals surface area contributed by atoms with Gasteiger partial charge in [0.1, 0.15) is 5.78 Å². The monoisotopic (exact) mass is 244 g/mol. The highest BCUT2D eigenvalue weighted by Crippen LogP contribution is 2.21. The van der Waals surface area contributed by atoms with Gasteiger partial charge in [-0.05, 0) is 38.5 Å². The fraction of sp³-hybridized carbons (Fsp3) is 0.400. The van der Waals surface area contributed by atoms with E-state index in [1.54, 1.807) is 6.92 Å². The number of carbonyl (C=O) groups is 1. The molecule has 3 heteroatoms. The Morgan fingerprint density at radius 2 is 2.00 bits per heavy atom. The molecule has 0 saturated heterocycles. The van der Waals surface area contributed by atoms with Gasteiger partial charge in [-0.2, -0.15) is 0 Å². The molecule has 0 aliphatic rings. The van der Waals surface area contributed by atoms with Crippen LogP contribution >= 0.6 is 0 Å². The van der Waals surface area contributed by atoms with Crippen LogP contribution in [0.3, 0.4) is 0 Å². The van der Waals surface area contributed by atoms with Gasteiger partial charge < -0.3 is 9.47 Å². The van der Waals surface area contributed by atoms with Crippen molar-refractivity contribution in [3.63, 3.8) is 0 Å². The van der Waals surface area contributed by atoms with Crippen molar-refractivity contribution >= 4 is 16.7 Å². The van der Waals surface area contributed by atoms with Gasteiger partial charge in [0.15, 0.2) is 0 Å². The number of hydrogen-bond acceptors (Lipinski definition) is 2. The van der Waals surface area contributed by atoms with Crippen molar-refractivity contribution in [2.45, 2.75) is 26.4 Å². The second-order valence-electron chi connectivity index (χ2n) is 5.04. The summed E-state index contributed by atoms with van der Waals surface area (Å²) in [5.41, 5.74) is 2.48. The highest BCUT2D eigenvalue weighted by atomic mass is 16.1. The van der Waals surface area contributed by atoms with E-state index in [2.05, 4.69) is 47.8 Å². The molecule has 0 spiro atoms. The number of para-hydroxylation sites is 1. The Morgan fingerprint density at radius 3 is 2.67 bits per heavy atom. The van der Waals surface area contributed by atoms with E-state index in [1.165, 1.54) is 16.6 Å². The lowest BCUT2D eigenvalue weighted by Gasteiger charge is -2.13. The summed E-state index contributed by atoms with van der Waals surface area (Å²) in [6.45, 7) is 3.32. The SMILES string of the molecule is CC(=O)CCn1c(CN(C)C)cc2ccccc21. The first-order valence-corrected chi connectivity index (χ1v) is 6.29. The zero-order chi connectivity index (χ0) is 13.1. The average molecular weight is 244 g/mol. The summed E-state index contributed by atoms with van der Waals surface area (Å²) in [4.78, 5) is 13.3.